The Bertz CT molecular complexity index is 861. The van der Waals surface area contributed by atoms with Crippen molar-refractivity contribution in [2.75, 3.05) is 11.9 Å². The van der Waals surface area contributed by atoms with Gasteiger partial charge < -0.3 is 14.7 Å². The molecular weight excluding hydrogens is 312 g/mol. The van der Waals surface area contributed by atoms with Crippen molar-refractivity contribution >= 4 is 11.3 Å². The molecule has 0 saturated heterocycles. The van der Waals surface area contributed by atoms with Gasteiger partial charge >= 0.3 is 0 Å². The van der Waals surface area contributed by atoms with Gasteiger partial charge in [-0.2, -0.15) is 0 Å². The third-order valence-corrected chi connectivity index (χ3v) is 5.12. The van der Waals surface area contributed by atoms with Crippen molar-refractivity contribution in [2.24, 2.45) is 0 Å². The summed E-state index contributed by atoms with van der Waals surface area (Å²) in [6.45, 7) is 7.73. The number of aromatic nitrogens is 1. The summed E-state index contributed by atoms with van der Waals surface area (Å²) in [6.07, 6.45) is 12.5. The molecule has 0 spiro atoms. The zero-order valence-corrected chi connectivity index (χ0v) is 14.5. The van der Waals surface area contributed by atoms with Crippen LogP contribution in [0.5, 0.6) is 5.88 Å². The zero-order chi connectivity index (χ0) is 17.6. The van der Waals surface area contributed by atoms with Gasteiger partial charge in [0.05, 0.1) is 11.9 Å². The van der Waals surface area contributed by atoms with Gasteiger partial charge in [-0.05, 0) is 24.0 Å². The lowest BCUT2D eigenvalue weighted by atomic mass is 9.95. The molecule has 0 aromatic carbocycles. The van der Waals surface area contributed by atoms with Crippen LogP contribution in [-0.2, 0) is 0 Å². The van der Waals surface area contributed by atoms with E-state index in [2.05, 4.69) is 30.3 Å². The summed E-state index contributed by atoms with van der Waals surface area (Å²) in [5.74, 6) is 0.619. The second-order valence-electron chi connectivity index (χ2n) is 6.84. The van der Waals surface area contributed by atoms with Gasteiger partial charge in [0.2, 0.25) is 5.88 Å². The molecule has 0 radical (unpaired) electrons. The summed E-state index contributed by atoms with van der Waals surface area (Å²) in [5, 5.41) is 9.80. The molecule has 0 bridgehead atoms. The molecule has 25 heavy (non-hydrogen) atoms. The topological polar surface area (TPSA) is 45.6 Å². The molecule has 1 N–H and O–H groups in total. The van der Waals surface area contributed by atoms with Crippen molar-refractivity contribution in [3.8, 4) is 5.88 Å². The molecule has 4 nitrogen and oxygen atoms in total. The first-order valence-electron chi connectivity index (χ1n) is 8.59. The van der Waals surface area contributed by atoms with Crippen LogP contribution < -0.4 is 9.64 Å². The van der Waals surface area contributed by atoms with Crippen molar-refractivity contribution in [3.05, 3.63) is 71.8 Å². The minimum absolute atomic E-state index is 0.0150. The number of rotatable bonds is 3. The maximum atomic E-state index is 9.80. The molecule has 0 saturated carbocycles. The minimum Gasteiger partial charge on any atom is -0.508 e. The zero-order valence-electron chi connectivity index (χ0n) is 14.5. The molecule has 1 atom stereocenters. The predicted molar refractivity (Wildman–Crippen MR) is 101 cm³/mol. The van der Waals surface area contributed by atoms with Crippen LogP contribution in [0.15, 0.2) is 66.3 Å². The third-order valence-electron chi connectivity index (χ3n) is 5.12. The standard InChI is InChI=1S/C21H22N2O2/c1-13-18-10-21(22-11-20(18)23(3)12-19(13)14(2)24)25-17-8-15-6-4-5-7-16(15)9-17/h4,6,10-12,17,24H,1-2,5,7-9H2,3H3. The fourth-order valence-corrected chi connectivity index (χ4v) is 3.80. The Kier molecular flexibility index (Phi) is 3.75. The SMILES string of the molecule is C=C(O)C1=CN(C)c2cnc(OC3CC4=C(CCC=C4)C3)cc2C1=C. The molecule has 0 amide bonds. The summed E-state index contributed by atoms with van der Waals surface area (Å²) in [5.41, 5.74) is 6.18. The van der Waals surface area contributed by atoms with E-state index >= 15 is 0 Å². The van der Waals surface area contributed by atoms with E-state index in [1.807, 2.05) is 24.2 Å². The van der Waals surface area contributed by atoms with Gasteiger partial charge in [-0.1, -0.05) is 30.9 Å². The highest BCUT2D eigenvalue weighted by atomic mass is 16.5. The molecule has 0 fully saturated rings. The van der Waals surface area contributed by atoms with E-state index in [4.69, 9.17) is 4.74 Å². The fraction of sp³-hybridized carbons (Fsp3) is 0.286. The average molecular weight is 334 g/mol. The Morgan fingerprint density at radius 2 is 2.24 bits per heavy atom. The van der Waals surface area contributed by atoms with Crippen LogP contribution in [0.3, 0.4) is 0 Å². The Morgan fingerprint density at radius 3 is 3.00 bits per heavy atom. The average Bonchev–Trinajstić information content (AvgIpc) is 3.00. The molecule has 2 heterocycles. The van der Waals surface area contributed by atoms with Crippen LogP contribution in [-0.4, -0.2) is 23.2 Å². The van der Waals surface area contributed by atoms with Crippen LogP contribution in [0.4, 0.5) is 5.69 Å². The molecule has 4 heteroatoms. The van der Waals surface area contributed by atoms with Crippen molar-refractivity contribution in [1.29, 1.82) is 0 Å². The highest BCUT2D eigenvalue weighted by Gasteiger charge is 2.27. The largest absolute Gasteiger partial charge is 0.508 e. The Balaban J connectivity index is 1.56. The van der Waals surface area contributed by atoms with Gasteiger partial charge in [0.1, 0.15) is 11.9 Å². The van der Waals surface area contributed by atoms with E-state index in [1.165, 1.54) is 11.1 Å². The van der Waals surface area contributed by atoms with Crippen molar-refractivity contribution in [3.63, 3.8) is 0 Å². The number of allylic oxidation sites excluding steroid dienone is 3. The molecule has 1 aromatic rings. The summed E-state index contributed by atoms with van der Waals surface area (Å²) in [7, 11) is 1.91. The van der Waals surface area contributed by atoms with Gasteiger partial charge in [0.25, 0.3) is 0 Å². The molecule has 4 rings (SSSR count). The summed E-state index contributed by atoms with van der Waals surface area (Å²) >= 11 is 0. The minimum atomic E-state index is 0.0150. The number of aliphatic hydroxyl groups excluding tert-OH is 1. The number of nitrogens with zero attached hydrogens (tertiary/aromatic N) is 2. The van der Waals surface area contributed by atoms with E-state index in [0.717, 1.165) is 42.5 Å². The van der Waals surface area contributed by atoms with Crippen molar-refractivity contribution in [2.45, 2.75) is 31.8 Å². The maximum absolute atomic E-state index is 9.80. The van der Waals surface area contributed by atoms with Gasteiger partial charge in [0, 0.05) is 43.3 Å². The first-order chi connectivity index (χ1) is 12.0. The number of hydrogen-bond donors (Lipinski definition) is 1. The van der Waals surface area contributed by atoms with E-state index in [0.29, 0.717) is 11.5 Å². The number of anilines is 1. The summed E-state index contributed by atoms with van der Waals surface area (Å²) in [6, 6.07) is 1.91. The lowest BCUT2D eigenvalue weighted by molar-refractivity contribution is 0.204. The lowest BCUT2D eigenvalue weighted by Gasteiger charge is -2.27. The molecular formula is C21H22N2O2. The number of aliphatic hydroxyl groups is 1. The van der Waals surface area contributed by atoms with Gasteiger partial charge in [-0.15, -0.1) is 0 Å². The summed E-state index contributed by atoms with van der Waals surface area (Å²) < 4.78 is 6.16. The normalized spacial score (nSPS) is 21.8. The van der Waals surface area contributed by atoms with Crippen LogP contribution in [0.1, 0.15) is 31.2 Å². The highest BCUT2D eigenvalue weighted by molar-refractivity contribution is 5.91. The fourth-order valence-electron chi connectivity index (χ4n) is 3.80. The molecule has 1 aromatic heterocycles. The van der Waals surface area contributed by atoms with E-state index < -0.39 is 0 Å². The van der Waals surface area contributed by atoms with E-state index in [1.54, 1.807) is 6.20 Å². The molecule has 2 aliphatic carbocycles. The second kappa shape index (κ2) is 5.96. The van der Waals surface area contributed by atoms with Crippen LogP contribution in [0.2, 0.25) is 0 Å². The molecule has 1 aliphatic heterocycles. The van der Waals surface area contributed by atoms with Gasteiger partial charge in [-0.25, -0.2) is 4.98 Å². The molecule has 1 unspecified atom stereocenters. The smallest absolute Gasteiger partial charge is 0.214 e. The first-order valence-corrected chi connectivity index (χ1v) is 8.59. The van der Waals surface area contributed by atoms with E-state index in [9.17, 15) is 5.11 Å². The Hall–Kier alpha value is -2.75. The monoisotopic (exact) mass is 334 g/mol. The summed E-state index contributed by atoms with van der Waals surface area (Å²) in [4.78, 5) is 6.39. The lowest BCUT2D eigenvalue weighted by Crippen LogP contribution is -2.19. The number of hydrogen-bond acceptors (Lipinski definition) is 4. The highest BCUT2D eigenvalue weighted by Crippen LogP contribution is 2.40. The first kappa shape index (κ1) is 15.8. The number of ether oxygens (including phenoxy) is 1. The Morgan fingerprint density at radius 1 is 1.40 bits per heavy atom. The number of pyridine rings is 1. The van der Waals surface area contributed by atoms with Crippen molar-refractivity contribution < 1.29 is 9.84 Å². The maximum Gasteiger partial charge on any atom is 0.214 e. The van der Waals surface area contributed by atoms with Gasteiger partial charge in [0.15, 0.2) is 0 Å². The molecule has 3 aliphatic rings. The van der Waals surface area contributed by atoms with Crippen LogP contribution >= 0.6 is 0 Å². The van der Waals surface area contributed by atoms with Gasteiger partial charge in [-0.3, -0.25) is 0 Å². The molecule has 128 valence electrons. The quantitative estimate of drug-likeness (QED) is 0.815. The van der Waals surface area contributed by atoms with E-state index in [-0.39, 0.29) is 11.9 Å². The predicted octanol–water partition coefficient (Wildman–Crippen LogP) is 4.69. The van der Waals surface area contributed by atoms with Crippen molar-refractivity contribution in [1.82, 2.24) is 4.98 Å². The number of fused-ring (bicyclic) bond motifs is 1. The van der Waals surface area contributed by atoms with Crippen LogP contribution in [0, 0.1) is 0 Å². The third kappa shape index (κ3) is 2.78. The second-order valence-corrected chi connectivity index (χ2v) is 6.84. The van der Waals surface area contributed by atoms with Crippen LogP contribution in [0.25, 0.3) is 5.57 Å². The Labute approximate surface area is 148 Å².